The molecule has 0 bridgehead atoms. The number of carbonyl (C=O) groups is 1. The molecule has 1 heterocycles. The Kier molecular flexibility index (Phi) is 3.02. The number of aliphatic hydroxyl groups is 1. The predicted molar refractivity (Wildman–Crippen MR) is 52.5 cm³/mol. The quantitative estimate of drug-likeness (QED) is 0.672. The maximum Gasteiger partial charge on any atom is 0.266 e. The van der Waals surface area contributed by atoms with Crippen LogP contribution in [0.25, 0.3) is 0 Å². The summed E-state index contributed by atoms with van der Waals surface area (Å²) in [6.45, 7) is 2.87. The van der Waals surface area contributed by atoms with E-state index in [1.165, 1.54) is 19.9 Å². The number of hydrogen-bond acceptors (Lipinski definition) is 4. The number of aromatic nitrogens is 1. The number of aryl methyl sites for hydroxylation is 1. The van der Waals surface area contributed by atoms with Gasteiger partial charge in [-0.2, -0.15) is 5.26 Å². The average Bonchev–Trinajstić information content (AvgIpc) is 2.17. The number of ketones is 1. The van der Waals surface area contributed by atoms with Crippen molar-refractivity contribution in [1.29, 1.82) is 5.26 Å². The Hall–Kier alpha value is -1.93. The molecule has 0 aliphatic carbocycles. The average molecular weight is 206 g/mol. The van der Waals surface area contributed by atoms with Crippen molar-refractivity contribution >= 4 is 5.78 Å². The molecule has 0 amide bonds. The normalized spacial score (nSPS) is 11.9. The molecule has 0 saturated carbocycles. The monoisotopic (exact) mass is 206 g/mol. The van der Waals surface area contributed by atoms with E-state index in [0.717, 1.165) is 0 Å². The van der Waals surface area contributed by atoms with Gasteiger partial charge in [-0.25, -0.2) is 0 Å². The van der Waals surface area contributed by atoms with Gasteiger partial charge in [-0.3, -0.25) is 9.59 Å². The lowest BCUT2D eigenvalue weighted by molar-refractivity contribution is 0.0778. The van der Waals surface area contributed by atoms with Gasteiger partial charge in [0.1, 0.15) is 17.7 Å². The minimum atomic E-state index is -1.15. The third-order valence-corrected chi connectivity index (χ3v) is 2.00. The molecule has 0 saturated heterocycles. The Balaban J connectivity index is 3.39. The molecule has 0 aromatic carbocycles. The number of hydrogen-bond donors (Lipinski definition) is 2. The summed E-state index contributed by atoms with van der Waals surface area (Å²) < 4.78 is 0. The van der Waals surface area contributed by atoms with Crippen LogP contribution in [0, 0.1) is 18.3 Å². The zero-order valence-electron chi connectivity index (χ0n) is 8.37. The fourth-order valence-corrected chi connectivity index (χ4v) is 1.19. The van der Waals surface area contributed by atoms with E-state index in [-0.39, 0.29) is 11.1 Å². The second-order valence-electron chi connectivity index (χ2n) is 3.20. The van der Waals surface area contributed by atoms with Crippen molar-refractivity contribution in [3.05, 3.63) is 33.2 Å². The topological polar surface area (TPSA) is 94.0 Å². The molecule has 0 radical (unpaired) electrons. The molecule has 0 fully saturated rings. The van der Waals surface area contributed by atoms with E-state index in [9.17, 15) is 9.59 Å². The van der Waals surface area contributed by atoms with Crippen LogP contribution in [0.4, 0.5) is 0 Å². The van der Waals surface area contributed by atoms with Crippen molar-refractivity contribution in [3.63, 3.8) is 0 Å². The van der Waals surface area contributed by atoms with E-state index >= 15 is 0 Å². The molecule has 15 heavy (non-hydrogen) atoms. The summed E-state index contributed by atoms with van der Waals surface area (Å²) in [5.74, 6) is -0.514. The van der Waals surface area contributed by atoms with Crippen LogP contribution in [0.3, 0.4) is 0 Å². The molecule has 0 aliphatic heterocycles. The largest absolute Gasteiger partial charge is 0.385 e. The number of aliphatic hydroxyl groups excluding tert-OH is 1. The zero-order chi connectivity index (χ0) is 11.6. The molecule has 1 aromatic rings. The van der Waals surface area contributed by atoms with Gasteiger partial charge in [0.2, 0.25) is 0 Å². The van der Waals surface area contributed by atoms with Gasteiger partial charge >= 0.3 is 0 Å². The SMILES string of the molecule is Cc1[nH]c(=O)c(C#N)cc1C(=O)C(C)O. The Bertz CT molecular complexity index is 494. The van der Waals surface area contributed by atoms with Crippen LogP contribution in [0.1, 0.15) is 28.5 Å². The van der Waals surface area contributed by atoms with Gasteiger partial charge in [-0.1, -0.05) is 0 Å². The minimum absolute atomic E-state index is 0.135. The van der Waals surface area contributed by atoms with Crippen LogP contribution in [-0.4, -0.2) is 22.0 Å². The van der Waals surface area contributed by atoms with Crippen molar-refractivity contribution in [2.75, 3.05) is 0 Å². The first-order valence-corrected chi connectivity index (χ1v) is 4.33. The van der Waals surface area contributed by atoms with E-state index in [4.69, 9.17) is 10.4 Å². The van der Waals surface area contributed by atoms with Crippen molar-refractivity contribution in [3.8, 4) is 6.07 Å². The van der Waals surface area contributed by atoms with E-state index in [0.29, 0.717) is 5.69 Å². The van der Waals surface area contributed by atoms with Crippen LogP contribution in [0.2, 0.25) is 0 Å². The van der Waals surface area contributed by atoms with Crippen molar-refractivity contribution < 1.29 is 9.90 Å². The molecule has 5 heteroatoms. The summed E-state index contributed by atoms with van der Waals surface area (Å²) in [4.78, 5) is 25.0. The van der Waals surface area contributed by atoms with Crippen LogP contribution in [0.15, 0.2) is 10.9 Å². The standard InChI is InChI=1S/C10H10N2O3/c1-5-8(9(14)6(2)13)3-7(4-11)10(15)12-5/h3,6,13H,1-2H3,(H,12,15). The predicted octanol–water partition coefficient (Wildman–Crippen LogP) is 0.118. The molecule has 1 atom stereocenters. The van der Waals surface area contributed by atoms with Crippen LogP contribution in [-0.2, 0) is 0 Å². The number of nitriles is 1. The third kappa shape index (κ3) is 2.11. The van der Waals surface area contributed by atoms with E-state index in [1.807, 2.05) is 0 Å². The summed E-state index contributed by atoms with van der Waals surface area (Å²) in [6.07, 6.45) is -1.15. The number of H-pyrrole nitrogens is 1. The van der Waals surface area contributed by atoms with Gasteiger partial charge in [0.05, 0.1) is 0 Å². The third-order valence-electron chi connectivity index (χ3n) is 2.00. The van der Waals surface area contributed by atoms with Crippen LogP contribution in [0.5, 0.6) is 0 Å². The summed E-state index contributed by atoms with van der Waals surface area (Å²) >= 11 is 0. The fraction of sp³-hybridized carbons (Fsp3) is 0.300. The Morgan fingerprint density at radius 2 is 2.27 bits per heavy atom. The lowest BCUT2D eigenvalue weighted by atomic mass is 10.0. The Morgan fingerprint density at radius 3 is 2.73 bits per heavy atom. The highest BCUT2D eigenvalue weighted by atomic mass is 16.3. The van der Waals surface area contributed by atoms with E-state index in [2.05, 4.69) is 4.98 Å². The number of carbonyl (C=O) groups excluding carboxylic acids is 1. The van der Waals surface area contributed by atoms with Crippen molar-refractivity contribution in [1.82, 2.24) is 4.98 Å². The summed E-state index contributed by atoms with van der Waals surface area (Å²) in [5, 5.41) is 17.7. The first kappa shape index (κ1) is 11.1. The lowest BCUT2D eigenvalue weighted by Gasteiger charge is -2.06. The highest BCUT2D eigenvalue weighted by Gasteiger charge is 2.16. The van der Waals surface area contributed by atoms with Crippen LogP contribution >= 0.6 is 0 Å². The van der Waals surface area contributed by atoms with Crippen molar-refractivity contribution in [2.45, 2.75) is 20.0 Å². The molecule has 0 aliphatic rings. The second kappa shape index (κ2) is 4.07. The maximum absolute atomic E-state index is 11.5. The first-order chi connectivity index (χ1) is 6.97. The van der Waals surface area contributed by atoms with Gasteiger partial charge in [0.25, 0.3) is 5.56 Å². The number of nitrogens with one attached hydrogen (secondary N) is 1. The first-order valence-electron chi connectivity index (χ1n) is 4.33. The molecule has 0 spiro atoms. The van der Waals surface area contributed by atoms with Crippen LogP contribution < -0.4 is 5.56 Å². The van der Waals surface area contributed by atoms with Gasteiger partial charge < -0.3 is 10.1 Å². The van der Waals surface area contributed by atoms with Gasteiger partial charge in [-0.15, -0.1) is 0 Å². The van der Waals surface area contributed by atoms with Gasteiger partial charge in [0.15, 0.2) is 5.78 Å². The Morgan fingerprint density at radius 1 is 1.67 bits per heavy atom. The highest BCUT2D eigenvalue weighted by Crippen LogP contribution is 2.07. The zero-order valence-corrected chi connectivity index (χ0v) is 8.37. The molecule has 1 unspecified atom stereocenters. The number of aromatic amines is 1. The summed E-state index contributed by atoms with van der Waals surface area (Å²) in [7, 11) is 0. The molecule has 2 N–H and O–H groups in total. The van der Waals surface area contributed by atoms with Gasteiger partial charge in [-0.05, 0) is 19.9 Å². The highest BCUT2D eigenvalue weighted by molar-refractivity contribution is 6.00. The molecule has 1 aromatic heterocycles. The fourth-order valence-electron chi connectivity index (χ4n) is 1.19. The van der Waals surface area contributed by atoms with Gasteiger partial charge in [0, 0.05) is 11.3 Å². The number of nitrogens with zero attached hydrogens (tertiary/aromatic N) is 1. The number of pyridine rings is 1. The number of Topliss-reactive ketones (excluding diaryl/α,β-unsaturated/α-hetero) is 1. The summed E-state index contributed by atoms with van der Waals surface area (Å²) in [5.41, 5.74) is -0.146. The minimum Gasteiger partial charge on any atom is -0.385 e. The van der Waals surface area contributed by atoms with Crippen molar-refractivity contribution in [2.24, 2.45) is 0 Å². The molecule has 1 rings (SSSR count). The van der Waals surface area contributed by atoms with E-state index in [1.54, 1.807) is 6.07 Å². The Labute approximate surface area is 86.0 Å². The maximum atomic E-state index is 11.5. The second-order valence-corrected chi connectivity index (χ2v) is 3.20. The molecular formula is C10H10N2O3. The molecule has 5 nitrogen and oxygen atoms in total. The molecule has 78 valence electrons. The smallest absolute Gasteiger partial charge is 0.266 e. The number of rotatable bonds is 2. The summed E-state index contributed by atoms with van der Waals surface area (Å²) in [6, 6.07) is 2.88. The van der Waals surface area contributed by atoms with E-state index < -0.39 is 17.4 Å². The lowest BCUT2D eigenvalue weighted by Crippen LogP contribution is -2.21. The molecular weight excluding hydrogens is 196 g/mol.